The number of likely N-dealkylation sites (tertiary alicyclic amines) is 1. The van der Waals surface area contributed by atoms with Gasteiger partial charge >= 0.3 is 0 Å². The maximum absolute atomic E-state index is 13.1. The van der Waals surface area contributed by atoms with Gasteiger partial charge in [0, 0.05) is 40.6 Å². The summed E-state index contributed by atoms with van der Waals surface area (Å²) >= 11 is 0. The number of aryl methyl sites for hydroxylation is 3. The fourth-order valence-electron chi connectivity index (χ4n) is 3.66. The predicted octanol–water partition coefficient (Wildman–Crippen LogP) is 3.79. The molecule has 3 heterocycles. The van der Waals surface area contributed by atoms with Crippen LogP contribution in [0.5, 0.6) is 0 Å². The van der Waals surface area contributed by atoms with Crippen molar-refractivity contribution in [3.8, 4) is 0 Å². The Balaban J connectivity index is 1.68. The van der Waals surface area contributed by atoms with E-state index in [1.807, 2.05) is 36.2 Å². The zero-order chi connectivity index (χ0) is 16.8. The van der Waals surface area contributed by atoms with Crippen LogP contribution in [0.3, 0.4) is 0 Å². The van der Waals surface area contributed by atoms with Crippen molar-refractivity contribution in [2.45, 2.75) is 39.7 Å². The number of fused-ring (bicyclic) bond motifs is 1. The number of hydrogen-bond donors (Lipinski definition) is 2. The van der Waals surface area contributed by atoms with Crippen molar-refractivity contribution in [3.63, 3.8) is 0 Å². The lowest BCUT2D eigenvalue weighted by Crippen LogP contribution is -2.31. The highest BCUT2D eigenvalue weighted by atomic mass is 16.2. The highest BCUT2D eigenvalue weighted by molar-refractivity contribution is 5.99. The molecule has 1 aliphatic rings. The molecule has 1 aromatic carbocycles. The molecule has 1 aliphatic heterocycles. The Labute approximate surface area is 141 Å². The van der Waals surface area contributed by atoms with E-state index in [1.165, 1.54) is 5.56 Å². The van der Waals surface area contributed by atoms with Gasteiger partial charge in [-0.2, -0.15) is 0 Å². The topological polar surface area (TPSA) is 64.8 Å². The van der Waals surface area contributed by atoms with Gasteiger partial charge < -0.3 is 14.9 Å². The van der Waals surface area contributed by atoms with Crippen LogP contribution in [-0.2, 0) is 0 Å². The Bertz CT molecular complexity index is 921. The Morgan fingerprint density at radius 1 is 1.25 bits per heavy atom. The van der Waals surface area contributed by atoms with Gasteiger partial charge in [0.25, 0.3) is 5.91 Å². The second-order valence-electron chi connectivity index (χ2n) is 6.74. The van der Waals surface area contributed by atoms with Gasteiger partial charge in [-0.1, -0.05) is 0 Å². The van der Waals surface area contributed by atoms with Crippen molar-refractivity contribution in [3.05, 3.63) is 52.7 Å². The third kappa shape index (κ3) is 2.31. The Morgan fingerprint density at radius 3 is 2.83 bits per heavy atom. The van der Waals surface area contributed by atoms with E-state index >= 15 is 0 Å². The second-order valence-corrected chi connectivity index (χ2v) is 6.74. The number of imidazole rings is 1. The fourth-order valence-corrected chi connectivity index (χ4v) is 3.66. The van der Waals surface area contributed by atoms with E-state index in [1.54, 1.807) is 0 Å². The lowest BCUT2D eigenvalue weighted by molar-refractivity contribution is 0.0730. The number of H-pyrrole nitrogens is 2. The summed E-state index contributed by atoms with van der Waals surface area (Å²) in [5.41, 5.74) is 5.23. The summed E-state index contributed by atoms with van der Waals surface area (Å²) in [6, 6.07) is 5.99. The molecule has 5 nitrogen and oxygen atoms in total. The largest absolute Gasteiger partial charge is 0.358 e. The normalized spacial score (nSPS) is 17.8. The molecule has 0 bridgehead atoms. The van der Waals surface area contributed by atoms with Crippen LogP contribution < -0.4 is 0 Å². The summed E-state index contributed by atoms with van der Waals surface area (Å²) in [5, 5.41) is 1.13. The van der Waals surface area contributed by atoms with Gasteiger partial charge in [-0.15, -0.1) is 0 Å². The predicted molar refractivity (Wildman–Crippen MR) is 94.1 cm³/mol. The van der Waals surface area contributed by atoms with Gasteiger partial charge in [-0.3, -0.25) is 4.79 Å². The van der Waals surface area contributed by atoms with Crippen LogP contribution in [0.4, 0.5) is 0 Å². The zero-order valence-corrected chi connectivity index (χ0v) is 14.3. The first-order valence-corrected chi connectivity index (χ1v) is 8.46. The Morgan fingerprint density at radius 2 is 2.08 bits per heavy atom. The maximum atomic E-state index is 13.1. The minimum absolute atomic E-state index is 0.0518. The number of aromatic amines is 2. The van der Waals surface area contributed by atoms with Crippen molar-refractivity contribution in [2.24, 2.45) is 0 Å². The van der Waals surface area contributed by atoms with E-state index in [2.05, 4.69) is 28.8 Å². The van der Waals surface area contributed by atoms with Gasteiger partial charge in [0.1, 0.15) is 5.82 Å². The van der Waals surface area contributed by atoms with Gasteiger partial charge in [-0.05, 0) is 57.4 Å². The molecule has 0 aliphatic carbocycles. The average Bonchev–Trinajstić information content (AvgIpc) is 3.27. The third-order valence-corrected chi connectivity index (χ3v) is 5.11. The minimum atomic E-state index is 0.0518. The lowest BCUT2D eigenvalue weighted by Gasteiger charge is -2.23. The van der Waals surface area contributed by atoms with Gasteiger partial charge in [0.2, 0.25) is 0 Å². The van der Waals surface area contributed by atoms with Crippen LogP contribution in [0.1, 0.15) is 52.0 Å². The second kappa shape index (κ2) is 5.51. The molecule has 1 amide bonds. The minimum Gasteiger partial charge on any atom is -0.358 e. The summed E-state index contributed by atoms with van der Waals surface area (Å²) in [6.45, 7) is 6.92. The van der Waals surface area contributed by atoms with Gasteiger partial charge in [0.15, 0.2) is 0 Å². The highest BCUT2D eigenvalue weighted by Gasteiger charge is 2.32. The number of carbonyl (C=O) groups excluding carboxylic acids is 1. The number of rotatable bonds is 2. The van der Waals surface area contributed by atoms with E-state index in [-0.39, 0.29) is 11.9 Å². The van der Waals surface area contributed by atoms with Crippen LogP contribution >= 0.6 is 0 Å². The first-order chi connectivity index (χ1) is 11.5. The molecule has 2 N–H and O–H groups in total. The molecule has 0 saturated carbocycles. The summed E-state index contributed by atoms with van der Waals surface area (Å²) in [5.74, 6) is 0.986. The van der Waals surface area contributed by atoms with Crippen LogP contribution in [0, 0.1) is 20.8 Å². The van der Waals surface area contributed by atoms with Gasteiger partial charge in [0.05, 0.1) is 6.04 Å². The highest BCUT2D eigenvalue weighted by Crippen LogP contribution is 2.32. The number of hydrogen-bond acceptors (Lipinski definition) is 2. The molecular weight excluding hydrogens is 300 g/mol. The van der Waals surface area contributed by atoms with E-state index < -0.39 is 0 Å². The van der Waals surface area contributed by atoms with Crippen molar-refractivity contribution in [1.29, 1.82) is 0 Å². The van der Waals surface area contributed by atoms with E-state index in [0.29, 0.717) is 0 Å². The standard InChI is InChI=1S/C19H22N4O/c1-11-10-20-18(21-11)17-5-4-8-23(17)19(24)14-6-7-16-15(9-14)12(2)13(3)22-16/h6-7,9-10,17,22H,4-5,8H2,1-3H3,(H,20,21)/t17-/m0/s1. The Hall–Kier alpha value is -2.56. The molecule has 0 spiro atoms. The molecule has 4 rings (SSSR count). The summed E-state index contributed by atoms with van der Waals surface area (Å²) in [7, 11) is 0. The number of carbonyl (C=O) groups is 1. The molecule has 1 fully saturated rings. The van der Waals surface area contributed by atoms with Crippen molar-refractivity contribution in [2.75, 3.05) is 6.54 Å². The molecule has 0 radical (unpaired) electrons. The molecule has 5 heteroatoms. The van der Waals surface area contributed by atoms with Crippen LogP contribution in [-0.4, -0.2) is 32.3 Å². The number of benzene rings is 1. The molecule has 3 aromatic rings. The third-order valence-electron chi connectivity index (χ3n) is 5.11. The molecular formula is C19H22N4O. The summed E-state index contributed by atoms with van der Waals surface area (Å²) in [6.07, 6.45) is 3.80. The Kier molecular flexibility index (Phi) is 3.44. The van der Waals surface area contributed by atoms with E-state index in [0.717, 1.165) is 53.1 Å². The number of amides is 1. The monoisotopic (exact) mass is 322 g/mol. The molecule has 2 aromatic heterocycles. The first kappa shape index (κ1) is 15.0. The maximum Gasteiger partial charge on any atom is 0.254 e. The first-order valence-electron chi connectivity index (χ1n) is 8.46. The molecule has 1 atom stereocenters. The smallest absolute Gasteiger partial charge is 0.254 e. The summed E-state index contributed by atoms with van der Waals surface area (Å²) in [4.78, 5) is 26.1. The van der Waals surface area contributed by atoms with Crippen LogP contribution in [0.15, 0.2) is 24.4 Å². The molecule has 1 saturated heterocycles. The quantitative estimate of drug-likeness (QED) is 0.754. The van der Waals surface area contributed by atoms with E-state index in [4.69, 9.17) is 0 Å². The number of nitrogens with one attached hydrogen (secondary N) is 2. The number of aromatic nitrogens is 3. The molecule has 24 heavy (non-hydrogen) atoms. The molecule has 0 unspecified atom stereocenters. The fraction of sp³-hybridized carbons (Fsp3) is 0.368. The SMILES string of the molecule is Cc1cnc([C@@H]2CCCN2C(=O)c2ccc3[nH]c(C)c(C)c3c2)[nH]1. The molecule has 124 valence electrons. The van der Waals surface area contributed by atoms with Crippen molar-refractivity contribution < 1.29 is 4.79 Å². The number of nitrogens with zero attached hydrogens (tertiary/aromatic N) is 2. The average molecular weight is 322 g/mol. The summed E-state index contributed by atoms with van der Waals surface area (Å²) < 4.78 is 0. The lowest BCUT2D eigenvalue weighted by atomic mass is 10.1. The zero-order valence-electron chi connectivity index (χ0n) is 14.3. The van der Waals surface area contributed by atoms with Crippen molar-refractivity contribution >= 4 is 16.8 Å². The van der Waals surface area contributed by atoms with Crippen LogP contribution in [0.25, 0.3) is 10.9 Å². The van der Waals surface area contributed by atoms with Crippen LogP contribution in [0.2, 0.25) is 0 Å². The van der Waals surface area contributed by atoms with E-state index in [9.17, 15) is 4.79 Å². The van der Waals surface area contributed by atoms with Crippen molar-refractivity contribution in [1.82, 2.24) is 19.9 Å². The van der Waals surface area contributed by atoms with Gasteiger partial charge in [-0.25, -0.2) is 4.98 Å².